The number of aryl methyl sites for hydroxylation is 1. The highest BCUT2D eigenvalue weighted by Crippen LogP contribution is 2.26. The number of hydrogen-bond acceptors (Lipinski definition) is 1. The molecule has 1 aromatic carbocycles. The van der Waals surface area contributed by atoms with Gasteiger partial charge in [-0.05, 0) is 36.8 Å². The van der Waals surface area contributed by atoms with Crippen molar-refractivity contribution in [3.63, 3.8) is 0 Å². The summed E-state index contributed by atoms with van der Waals surface area (Å²) in [4.78, 5) is 0. The Labute approximate surface area is 87.1 Å². The number of rotatable bonds is 0. The van der Waals surface area contributed by atoms with Crippen molar-refractivity contribution >= 4 is 0 Å². The lowest BCUT2D eigenvalue weighted by molar-refractivity contribution is 0.277. The van der Waals surface area contributed by atoms with Crippen LogP contribution in [0.2, 0.25) is 0 Å². The Bertz CT molecular complexity index is 291. The van der Waals surface area contributed by atoms with Gasteiger partial charge in [0.2, 0.25) is 0 Å². The van der Waals surface area contributed by atoms with E-state index in [0.29, 0.717) is 0 Å². The average Bonchev–Trinajstić information content (AvgIpc) is 2.45. The molecule has 0 spiro atoms. The Morgan fingerprint density at radius 1 is 1.14 bits per heavy atom. The number of methoxy groups -OCH3 is 1. The van der Waals surface area contributed by atoms with Crippen molar-refractivity contribution in [3.05, 3.63) is 34.9 Å². The van der Waals surface area contributed by atoms with E-state index in [1.807, 2.05) is 0 Å². The first-order valence-corrected chi connectivity index (χ1v) is 5.16. The van der Waals surface area contributed by atoms with Gasteiger partial charge < -0.3 is 4.74 Å². The van der Waals surface area contributed by atoms with Crippen molar-refractivity contribution in [1.29, 1.82) is 0 Å². The van der Waals surface area contributed by atoms with E-state index in [-0.39, 0.29) is 0 Å². The van der Waals surface area contributed by atoms with E-state index in [1.54, 1.807) is 25.3 Å². The molecule has 0 radical (unpaired) electrons. The van der Waals surface area contributed by atoms with Crippen LogP contribution in [0, 0.1) is 12.8 Å². The van der Waals surface area contributed by atoms with Crippen LogP contribution < -0.4 is 0 Å². The maximum absolute atomic E-state index is 4.25. The van der Waals surface area contributed by atoms with Crippen LogP contribution in [-0.2, 0) is 17.6 Å². The van der Waals surface area contributed by atoms with Gasteiger partial charge in [0.25, 0.3) is 0 Å². The molecular formula is C13H20O. The van der Waals surface area contributed by atoms with Crippen LogP contribution in [0.15, 0.2) is 18.2 Å². The first-order valence-electron chi connectivity index (χ1n) is 5.16. The summed E-state index contributed by atoms with van der Waals surface area (Å²) >= 11 is 0. The largest absolute Gasteiger partial charge is 0.388 e. The third kappa shape index (κ3) is 2.85. The third-order valence-electron chi connectivity index (χ3n) is 2.50. The van der Waals surface area contributed by atoms with E-state index >= 15 is 0 Å². The zero-order chi connectivity index (χ0) is 10.6. The predicted molar refractivity (Wildman–Crippen MR) is 60.7 cm³/mol. The molecule has 2 rings (SSSR count). The van der Waals surface area contributed by atoms with Gasteiger partial charge >= 0.3 is 0 Å². The number of fused-ring (bicyclic) bond motifs is 1. The van der Waals surface area contributed by atoms with Crippen molar-refractivity contribution < 1.29 is 4.74 Å². The standard InChI is InChI=1S/C11H14.C2H6O/c1-8-3-4-10-6-9(2)7-11(10)5-8;1-3-2/h3-5,9H,6-7H2,1-2H3;1-2H3. The Morgan fingerprint density at radius 2 is 1.71 bits per heavy atom. The molecule has 0 bridgehead atoms. The monoisotopic (exact) mass is 192 g/mol. The van der Waals surface area contributed by atoms with Crippen molar-refractivity contribution in [3.8, 4) is 0 Å². The second kappa shape index (κ2) is 5.16. The number of benzene rings is 1. The molecule has 0 heterocycles. The molecule has 0 saturated carbocycles. The van der Waals surface area contributed by atoms with Crippen molar-refractivity contribution in [1.82, 2.24) is 0 Å². The zero-order valence-corrected chi connectivity index (χ0v) is 9.63. The summed E-state index contributed by atoms with van der Waals surface area (Å²) in [5, 5.41) is 0. The van der Waals surface area contributed by atoms with Gasteiger partial charge in [0.05, 0.1) is 0 Å². The van der Waals surface area contributed by atoms with E-state index in [1.165, 1.54) is 18.4 Å². The fraction of sp³-hybridized carbons (Fsp3) is 0.538. The molecule has 1 nitrogen and oxygen atoms in total. The Kier molecular flexibility index (Phi) is 4.15. The summed E-state index contributed by atoms with van der Waals surface area (Å²) in [5.74, 6) is 0.867. The van der Waals surface area contributed by atoms with E-state index in [0.717, 1.165) is 5.92 Å². The van der Waals surface area contributed by atoms with Crippen LogP contribution >= 0.6 is 0 Å². The lowest BCUT2D eigenvalue weighted by Gasteiger charge is -1.98. The fourth-order valence-electron chi connectivity index (χ4n) is 1.97. The zero-order valence-electron chi connectivity index (χ0n) is 9.63. The van der Waals surface area contributed by atoms with Crippen LogP contribution in [0.25, 0.3) is 0 Å². The molecule has 14 heavy (non-hydrogen) atoms. The molecule has 0 aliphatic heterocycles. The molecule has 0 N–H and O–H groups in total. The maximum atomic E-state index is 4.25. The highest BCUT2D eigenvalue weighted by atomic mass is 16.4. The summed E-state index contributed by atoms with van der Waals surface area (Å²) < 4.78 is 4.25. The molecule has 0 amide bonds. The summed E-state index contributed by atoms with van der Waals surface area (Å²) in [6, 6.07) is 6.84. The number of ether oxygens (including phenoxy) is 1. The second-order valence-corrected chi connectivity index (χ2v) is 4.19. The van der Waals surface area contributed by atoms with Gasteiger partial charge in [-0.1, -0.05) is 30.7 Å². The molecular weight excluding hydrogens is 172 g/mol. The van der Waals surface area contributed by atoms with Crippen LogP contribution in [0.1, 0.15) is 23.6 Å². The minimum Gasteiger partial charge on any atom is -0.388 e. The van der Waals surface area contributed by atoms with Crippen LogP contribution in [-0.4, -0.2) is 14.2 Å². The molecule has 78 valence electrons. The Morgan fingerprint density at radius 3 is 2.36 bits per heavy atom. The quantitative estimate of drug-likeness (QED) is 0.614. The van der Waals surface area contributed by atoms with Crippen LogP contribution in [0.3, 0.4) is 0 Å². The van der Waals surface area contributed by atoms with E-state index in [4.69, 9.17) is 0 Å². The van der Waals surface area contributed by atoms with Crippen LogP contribution in [0.5, 0.6) is 0 Å². The van der Waals surface area contributed by atoms with Crippen molar-refractivity contribution in [2.45, 2.75) is 26.7 Å². The molecule has 1 aromatic rings. The molecule has 1 heteroatoms. The summed E-state index contributed by atoms with van der Waals surface area (Å²) in [5.41, 5.74) is 4.55. The number of hydrogen-bond donors (Lipinski definition) is 0. The van der Waals surface area contributed by atoms with E-state index < -0.39 is 0 Å². The van der Waals surface area contributed by atoms with Gasteiger partial charge in [0.15, 0.2) is 0 Å². The molecule has 0 aromatic heterocycles. The predicted octanol–water partition coefficient (Wildman–Crippen LogP) is 2.99. The lowest BCUT2D eigenvalue weighted by atomic mass is 10.1. The minimum absolute atomic E-state index is 0.867. The van der Waals surface area contributed by atoms with Gasteiger partial charge in [-0.3, -0.25) is 0 Å². The Balaban J connectivity index is 0.000000293. The van der Waals surface area contributed by atoms with Gasteiger partial charge in [-0.15, -0.1) is 0 Å². The van der Waals surface area contributed by atoms with Crippen molar-refractivity contribution in [2.24, 2.45) is 5.92 Å². The fourth-order valence-corrected chi connectivity index (χ4v) is 1.97. The molecule has 1 unspecified atom stereocenters. The highest BCUT2D eigenvalue weighted by Gasteiger charge is 2.16. The SMILES string of the molecule is COC.Cc1ccc2c(c1)CC(C)C2. The lowest BCUT2D eigenvalue weighted by Crippen LogP contribution is -1.89. The molecule has 1 aliphatic carbocycles. The van der Waals surface area contributed by atoms with E-state index in [2.05, 4.69) is 36.8 Å². The van der Waals surface area contributed by atoms with Gasteiger partial charge in [-0.25, -0.2) is 0 Å². The third-order valence-corrected chi connectivity index (χ3v) is 2.50. The van der Waals surface area contributed by atoms with Crippen LogP contribution in [0.4, 0.5) is 0 Å². The average molecular weight is 192 g/mol. The highest BCUT2D eigenvalue weighted by molar-refractivity contribution is 5.35. The normalized spacial score (nSPS) is 18.4. The molecule has 1 atom stereocenters. The van der Waals surface area contributed by atoms with E-state index in [9.17, 15) is 0 Å². The minimum atomic E-state index is 0.867. The van der Waals surface area contributed by atoms with Gasteiger partial charge in [0.1, 0.15) is 0 Å². The topological polar surface area (TPSA) is 9.23 Å². The first-order chi connectivity index (χ1) is 6.67. The second-order valence-electron chi connectivity index (χ2n) is 4.19. The summed E-state index contributed by atoms with van der Waals surface area (Å²) in [6.07, 6.45) is 2.58. The maximum Gasteiger partial charge on any atom is 0.0351 e. The smallest absolute Gasteiger partial charge is 0.0351 e. The summed E-state index contributed by atoms with van der Waals surface area (Å²) in [7, 11) is 3.25. The molecule has 0 fully saturated rings. The van der Waals surface area contributed by atoms with Crippen molar-refractivity contribution in [2.75, 3.05) is 14.2 Å². The molecule has 0 saturated heterocycles. The first kappa shape index (κ1) is 11.3. The van der Waals surface area contributed by atoms with Gasteiger partial charge in [0, 0.05) is 14.2 Å². The van der Waals surface area contributed by atoms with Gasteiger partial charge in [-0.2, -0.15) is 0 Å². The Hall–Kier alpha value is -0.820. The molecule has 1 aliphatic rings. The summed E-state index contributed by atoms with van der Waals surface area (Å²) in [6.45, 7) is 4.50.